The zero-order valence-corrected chi connectivity index (χ0v) is 12.6. The molecule has 3 N–H and O–H groups in total. The summed E-state index contributed by atoms with van der Waals surface area (Å²) in [6.07, 6.45) is 0.612. The molecule has 1 amide bonds. The van der Waals surface area contributed by atoms with Crippen LogP contribution < -0.4 is 11.1 Å². The Balaban J connectivity index is 1.97. The molecule has 0 spiro atoms. The minimum absolute atomic E-state index is 0.00813. The molecule has 1 aliphatic heterocycles. The molecule has 1 aromatic rings. The summed E-state index contributed by atoms with van der Waals surface area (Å²) < 4.78 is 23.2. The summed E-state index contributed by atoms with van der Waals surface area (Å²) in [7, 11) is -2.90. The van der Waals surface area contributed by atoms with E-state index in [1.165, 1.54) is 0 Å². The molecule has 0 aromatic heterocycles. The number of hydrogen-bond acceptors (Lipinski definition) is 4. The summed E-state index contributed by atoms with van der Waals surface area (Å²) >= 11 is 3.27. The SMILES string of the molecule is Nc1cccc(C(=O)NCC2CCS(=O)(=O)C2)c1Br. The maximum absolute atomic E-state index is 12.0. The molecule has 1 saturated heterocycles. The second-order valence-corrected chi connectivity index (χ2v) is 7.71. The number of carbonyl (C=O) groups is 1. The molecular weight excluding hydrogens is 332 g/mol. The van der Waals surface area contributed by atoms with Crippen molar-refractivity contribution < 1.29 is 13.2 Å². The number of amides is 1. The fraction of sp³-hybridized carbons (Fsp3) is 0.417. The van der Waals surface area contributed by atoms with Crippen molar-refractivity contribution in [2.45, 2.75) is 6.42 Å². The van der Waals surface area contributed by atoms with E-state index in [4.69, 9.17) is 5.73 Å². The second kappa shape index (κ2) is 5.50. The predicted molar refractivity (Wildman–Crippen MR) is 77.6 cm³/mol. The van der Waals surface area contributed by atoms with Gasteiger partial charge in [0.05, 0.1) is 21.5 Å². The molecule has 7 heteroatoms. The topological polar surface area (TPSA) is 89.3 Å². The third-order valence-electron chi connectivity index (χ3n) is 3.15. The van der Waals surface area contributed by atoms with Crippen LogP contribution in [0.1, 0.15) is 16.8 Å². The number of benzene rings is 1. The van der Waals surface area contributed by atoms with Crippen LogP contribution in [0.3, 0.4) is 0 Å². The Morgan fingerprint density at radius 1 is 1.47 bits per heavy atom. The van der Waals surface area contributed by atoms with E-state index in [9.17, 15) is 13.2 Å². The van der Waals surface area contributed by atoms with Gasteiger partial charge >= 0.3 is 0 Å². The normalized spacial score (nSPS) is 21.2. The van der Waals surface area contributed by atoms with Crippen LogP contribution >= 0.6 is 15.9 Å². The van der Waals surface area contributed by atoms with Gasteiger partial charge in [0.1, 0.15) is 0 Å². The van der Waals surface area contributed by atoms with E-state index in [-0.39, 0.29) is 23.3 Å². The van der Waals surface area contributed by atoms with Crippen molar-refractivity contribution in [3.63, 3.8) is 0 Å². The van der Waals surface area contributed by atoms with Gasteiger partial charge in [0.2, 0.25) is 0 Å². The molecule has 1 heterocycles. The number of rotatable bonds is 3. The van der Waals surface area contributed by atoms with E-state index >= 15 is 0 Å². The number of nitrogens with one attached hydrogen (secondary N) is 1. The Bertz CT molecular complexity index is 601. The van der Waals surface area contributed by atoms with Gasteiger partial charge in [-0.05, 0) is 40.4 Å². The van der Waals surface area contributed by atoms with Crippen LogP contribution in [0.4, 0.5) is 5.69 Å². The lowest BCUT2D eigenvalue weighted by Gasteiger charge is -2.11. The van der Waals surface area contributed by atoms with Crippen LogP contribution in [0.2, 0.25) is 0 Å². The van der Waals surface area contributed by atoms with Crippen molar-refractivity contribution in [1.29, 1.82) is 0 Å². The minimum Gasteiger partial charge on any atom is -0.398 e. The summed E-state index contributed by atoms with van der Waals surface area (Å²) in [6, 6.07) is 5.07. The first-order chi connectivity index (χ1) is 8.89. The molecule has 2 rings (SSSR count). The van der Waals surface area contributed by atoms with Gasteiger partial charge in [-0.3, -0.25) is 4.79 Å². The van der Waals surface area contributed by atoms with Gasteiger partial charge in [0.25, 0.3) is 5.91 Å². The first-order valence-corrected chi connectivity index (χ1v) is 8.53. The van der Waals surface area contributed by atoms with E-state index in [0.717, 1.165) is 0 Å². The van der Waals surface area contributed by atoms with E-state index in [1.54, 1.807) is 18.2 Å². The highest BCUT2D eigenvalue weighted by Crippen LogP contribution is 2.24. The van der Waals surface area contributed by atoms with Crippen LogP contribution in [0.15, 0.2) is 22.7 Å². The van der Waals surface area contributed by atoms with E-state index in [0.29, 0.717) is 28.7 Å². The Morgan fingerprint density at radius 2 is 2.21 bits per heavy atom. The molecule has 0 bridgehead atoms. The van der Waals surface area contributed by atoms with Crippen LogP contribution in [-0.4, -0.2) is 32.4 Å². The van der Waals surface area contributed by atoms with Gasteiger partial charge in [0.15, 0.2) is 9.84 Å². The van der Waals surface area contributed by atoms with Crippen molar-refractivity contribution in [1.82, 2.24) is 5.32 Å². The van der Waals surface area contributed by atoms with E-state index in [2.05, 4.69) is 21.2 Å². The summed E-state index contributed by atoms with van der Waals surface area (Å²) in [4.78, 5) is 12.0. The molecule has 1 atom stereocenters. The average molecular weight is 347 g/mol. The molecule has 1 aromatic carbocycles. The number of sulfone groups is 1. The van der Waals surface area contributed by atoms with Crippen molar-refractivity contribution in [2.75, 3.05) is 23.8 Å². The lowest BCUT2D eigenvalue weighted by molar-refractivity contribution is 0.0947. The van der Waals surface area contributed by atoms with Crippen LogP contribution in [-0.2, 0) is 9.84 Å². The van der Waals surface area contributed by atoms with Crippen LogP contribution in [0.5, 0.6) is 0 Å². The molecule has 104 valence electrons. The Hall–Kier alpha value is -1.08. The number of anilines is 1. The van der Waals surface area contributed by atoms with Crippen LogP contribution in [0, 0.1) is 5.92 Å². The molecular formula is C12H15BrN2O3S. The number of halogens is 1. The van der Waals surface area contributed by atoms with Gasteiger partial charge in [-0.15, -0.1) is 0 Å². The molecule has 1 unspecified atom stereocenters. The molecule has 0 aliphatic carbocycles. The third-order valence-corrected chi connectivity index (χ3v) is 5.87. The fourth-order valence-corrected chi connectivity index (χ4v) is 4.40. The summed E-state index contributed by atoms with van der Waals surface area (Å²) in [5, 5.41) is 2.76. The first-order valence-electron chi connectivity index (χ1n) is 5.91. The van der Waals surface area contributed by atoms with Crippen molar-refractivity contribution in [3.8, 4) is 0 Å². The van der Waals surface area contributed by atoms with Crippen molar-refractivity contribution in [3.05, 3.63) is 28.2 Å². The molecule has 0 radical (unpaired) electrons. The number of nitrogens with two attached hydrogens (primary N) is 1. The monoisotopic (exact) mass is 346 g/mol. The number of nitrogen functional groups attached to an aromatic ring is 1. The highest BCUT2D eigenvalue weighted by molar-refractivity contribution is 9.10. The molecule has 19 heavy (non-hydrogen) atoms. The van der Waals surface area contributed by atoms with E-state index < -0.39 is 9.84 Å². The lowest BCUT2D eigenvalue weighted by atomic mass is 10.1. The smallest absolute Gasteiger partial charge is 0.252 e. The van der Waals surface area contributed by atoms with Gasteiger partial charge < -0.3 is 11.1 Å². The first kappa shape index (κ1) is 14.3. The summed E-state index contributed by atoms with van der Waals surface area (Å²) in [5.41, 5.74) is 6.66. The Labute approximate surface area is 120 Å². The quantitative estimate of drug-likeness (QED) is 0.804. The Kier molecular flexibility index (Phi) is 4.15. The zero-order valence-electron chi connectivity index (χ0n) is 10.2. The van der Waals surface area contributed by atoms with Crippen molar-refractivity contribution in [2.24, 2.45) is 5.92 Å². The second-order valence-electron chi connectivity index (χ2n) is 4.69. The predicted octanol–water partition coefficient (Wildman–Crippen LogP) is 1.20. The van der Waals surface area contributed by atoms with Gasteiger partial charge in [0, 0.05) is 12.2 Å². The standard InChI is InChI=1S/C12H15BrN2O3S/c13-11-9(2-1-3-10(11)14)12(16)15-6-8-4-5-19(17,18)7-8/h1-3,8H,4-7,14H2,(H,15,16). The average Bonchev–Trinajstić information content (AvgIpc) is 2.69. The largest absolute Gasteiger partial charge is 0.398 e. The fourth-order valence-electron chi connectivity index (χ4n) is 2.09. The molecule has 0 saturated carbocycles. The number of carbonyl (C=O) groups excluding carboxylic acids is 1. The minimum atomic E-state index is -2.90. The molecule has 1 aliphatic rings. The van der Waals surface area contributed by atoms with Crippen molar-refractivity contribution >= 4 is 37.4 Å². The summed E-state index contributed by atoms with van der Waals surface area (Å²) in [6.45, 7) is 0.374. The maximum Gasteiger partial charge on any atom is 0.252 e. The number of hydrogen-bond donors (Lipinski definition) is 2. The van der Waals surface area contributed by atoms with E-state index in [1.807, 2.05) is 0 Å². The van der Waals surface area contributed by atoms with Gasteiger partial charge in [-0.2, -0.15) is 0 Å². The maximum atomic E-state index is 12.0. The highest BCUT2D eigenvalue weighted by atomic mass is 79.9. The highest BCUT2D eigenvalue weighted by Gasteiger charge is 2.28. The Morgan fingerprint density at radius 3 is 2.84 bits per heavy atom. The lowest BCUT2D eigenvalue weighted by Crippen LogP contribution is -2.30. The molecule has 1 fully saturated rings. The van der Waals surface area contributed by atoms with Gasteiger partial charge in [-0.25, -0.2) is 8.42 Å². The zero-order chi connectivity index (χ0) is 14.0. The third kappa shape index (κ3) is 3.48. The summed E-state index contributed by atoms with van der Waals surface area (Å²) in [5.74, 6) is 0.137. The molecule has 5 nitrogen and oxygen atoms in total. The van der Waals surface area contributed by atoms with Crippen LogP contribution in [0.25, 0.3) is 0 Å². The van der Waals surface area contributed by atoms with Gasteiger partial charge in [-0.1, -0.05) is 6.07 Å².